The molecule has 1 aliphatic heterocycles. The van der Waals surface area contributed by atoms with Crippen LogP contribution in [0.5, 0.6) is 0 Å². The number of aliphatic imine (C=N–C) groups is 1. The first kappa shape index (κ1) is 21.4. The van der Waals surface area contributed by atoms with Crippen molar-refractivity contribution in [3.8, 4) is 0 Å². The van der Waals surface area contributed by atoms with E-state index in [0.717, 1.165) is 40.9 Å². The molecule has 1 amide bonds. The Hall–Kier alpha value is -2.82. The van der Waals surface area contributed by atoms with Gasteiger partial charge >= 0.3 is 0 Å². The van der Waals surface area contributed by atoms with Crippen LogP contribution >= 0.6 is 23.4 Å². The van der Waals surface area contributed by atoms with Crippen molar-refractivity contribution in [3.63, 3.8) is 0 Å². The molecule has 1 fully saturated rings. The molecule has 3 nitrogen and oxygen atoms in total. The summed E-state index contributed by atoms with van der Waals surface area (Å²) in [5.41, 5.74) is 4.83. The molecule has 4 rings (SSSR count). The molecule has 0 spiro atoms. The number of hydrogen-bond donors (Lipinski definition) is 0. The molecule has 0 saturated carbocycles. The molecule has 0 aliphatic carbocycles. The van der Waals surface area contributed by atoms with Crippen molar-refractivity contribution in [1.29, 1.82) is 0 Å². The lowest BCUT2D eigenvalue weighted by Gasteiger charge is -2.19. The van der Waals surface area contributed by atoms with E-state index in [2.05, 4.69) is 26.0 Å². The Morgan fingerprint density at radius 3 is 2.29 bits per heavy atom. The zero-order valence-corrected chi connectivity index (χ0v) is 19.1. The van der Waals surface area contributed by atoms with Crippen molar-refractivity contribution in [1.82, 2.24) is 0 Å². The minimum atomic E-state index is -0.0847. The van der Waals surface area contributed by atoms with Gasteiger partial charge in [-0.3, -0.25) is 9.69 Å². The van der Waals surface area contributed by atoms with E-state index in [-0.39, 0.29) is 5.91 Å². The highest BCUT2D eigenvalue weighted by Crippen LogP contribution is 2.39. The van der Waals surface area contributed by atoms with Gasteiger partial charge in [0.2, 0.25) is 0 Å². The fraction of sp³-hybridized carbons (Fsp3) is 0.154. The summed E-state index contributed by atoms with van der Waals surface area (Å²) in [7, 11) is 0. The summed E-state index contributed by atoms with van der Waals surface area (Å²) in [6.07, 6.45) is 3.55. The Kier molecular flexibility index (Phi) is 6.59. The standard InChI is InChI=1S/C26H23ClN2OS/c1-3-18-11-6-9-15-22(18)28-26-29(23-16-10-7-12-19(23)4-2)25(30)24(31-26)17-20-13-5-8-14-21(20)27/h5-17H,3-4H2,1-2H3. The molecule has 0 radical (unpaired) electrons. The average molecular weight is 447 g/mol. The second-order valence-corrected chi connectivity index (χ2v) is 8.55. The van der Waals surface area contributed by atoms with Gasteiger partial charge in [0.25, 0.3) is 5.91 Å². The van der Waals surface area contributed by atoms with Crippen LogP contribution in [0.2, 0.25) is 5.02 Å². The lowest BCUT2D eigenvalue weighted by atomic mass is 10.1. The normalized spacial score (nSPS) is 16.5. The Balaban J connectivity index is 1.85. The molecule has 0 N–H and O–H groups in total. The van der Waals surface area contributed by atoms with Crippen LogP contribution in [-0.2, 0) is 17.6 Å². The summed E-state index contributed by atoms with van der Waals surface area (Å²) in [4.78, 5) is 20.8. The van der Waals surface area contributed by atoms with Crippen LogP contribution in [0, 0.1) is 0 Å². The molecule has 3 aromatic carbocycles. The number of halogens is 1. The maximum absolute atomic E-state index is 13.6. The molecular formula is C26H23ClN2OS. The van der Waals surface area contributed by atoms with Gasteiger partial charge in [-0.15, -0.1) is 0 Å². The number of thioether (sulfide) groups is 1. The molecule has 1 heterocycles. The quantitative estimate of drug-likeness (QED) is 0.386. The highest BCUT2D eigenvalue weighted by molar-refractivity contribution is 8.19. The van der Waals surface area contributed by atoms with Crippen LogP contribution < -0.4 is 4.90 Å². The number of anilines is 1. The zero-order valence-electron chi connectivity index (χ0n) is 17.5. The van der Waals surface area contributed by atoms with Gasteiger partial charge in [-0.05, 0) is 65.6 Å². The molecular weight excluding hydrogens is 424 g/mol. The number of nitrogens with zero attached hydrogens (tertiary/aromatic N) is 2. The number of carbonyl (C=O) groups is 1. The summed E-state index contributed by atoms with van der Waals surface area (Å²) in [5.74, 6) is -0.0847. The predicted octanol–water partition coefficient (Wildman–Crippen LogP) is 7.27. The fourth-order valence-electron chi connectivity index (χ4n) is 3.54. The van der Waals surface area contributed by atoms with Crippen molar-refractivity contribution in [2.75, 3.05) is 4.90 Å². The molecule has 5 heteroatoms. The van der Waals surface area contributed by atoms with Crippen LogP contribution in [0.15, 0.2) is 82.7 Å². The van der Waals surface area contributed by atoms with Crippen molar-refractivity contribution in [2.24, 2.45) is 4.99 Å². The van der Waals surface area contributed by atoms with Crippen LogP contribution in [-0.4, -0.2) is 11.1 Å². The Bertz CT molecular complexity index is 1190. The zero-order chi connectivity index (χ0) is 21.8. The largest absolute Gasteiger partial charge is 0.271 e. The van der Waals surface area contributed by atoms with Crippen LogP contribution in [0.3, 0.4) is 0 Å². The maximum atomic E-state index is 13.6. The van der Waals surface area contributed by atoms with Gasteiger partial charge in [0.1, 0.15) is 0 Å². The van der Waals surface area contributed by atoms with E-state index in [1.807, 2.05) is 66.7 Å². The molecule has 0 unspecified atom stereocenters. The van der Waals surface area contributed by atoms with E-state index in [4.69, 9.17) is 16.6 Å². The first-order valence-electron chi connectivity index (χ1n) is 10.4. The first-order chi connectivity index (χ1) is 15.1. The molecule has 1 saturated heterocycles. The highest BCUT2D eigenvalue weighted by atomic mass is 35.5. The van der Waals surface area contributed by atoms with Gasteiger partial charge in [-0.2, -0.15) is 0 Å². The lowest BCUT2D eigenvalue weighted by Crippen LogP contribution is -2.29. The number of rotatable bonds is 5. The van der Waals surface area contributed by atoms with E-state index in [9.17, 15) is 4.79 Å². The van der Waals surface area contributed by atoms with Gasteiger partial charge < -0.3 is 0 Å². The predicted molar refractivity (Wildman–Crippen MR) is 133 cm³/mol. The minimum Gasteiger partial charge on any atom is -0.268 e. The molecule has 31 heavy (non-hydrogen) atoms. The summed E-state index contributed by atoms with van der Waals surface area (Å²) in [5, 5.41) is 1.27. The fourth-order valence-corrected chi connectivity index (χ4v) is 4.71. The Labute approximate surface area is 192 Å². The molecule has 1 aliphatic rings. The second-order valence-electron chi connectivity index (χ2n) is 7.13. The Morgan fingerprint density at radius 2 is 1.55 bits per heavy atom. The Morgan fingerprint density at radius 1 is 0.903 bits per heavy atom. The van der Waals surface area contributed by atoms with E-state index in [0.29, 0.717) is 15.1 Å². The lowest BCUT2D eigenvalue weighted by molar-refractivity contribution is -0.113. The topological polar surface area (TPSA) is 32.7 Å². The smallest absolute Gasteiger partial charge is 0.268 e. The summed E-state index contributed by atoms with van der Waals surface area (Å²) < 4.78 is 0. The van der Waals surface area contributed by atoms with E-state index in [1.165, 1.54) is 11.8 Å². The van der Waals surface area contributed by atoms with Crippen LogP contribution in [0.25, 0.3) is 6.08 Å². The van der Waals surface area contributed by atoms with E-state index >= 15 is 0 Å². The van der Waals surface area contributed by atoms with Crippen molar-refractivity contribution >= 4 is 51.9 Å². The third kappa shape index (κ3) is 4.46. The maximum Gasteiger partial charge on any atom is 0.271 e. The second kappa shape index (κ2) is 9.54. The van der Waals surface area contributed by atoms with Crippen molar-refractivity contribution in [3.05, 3.63) is 99.4 Å². The SMILES string of the molecule is CCc1ccccc1N=C1SC(=Cc2ccccc2Cl)C(=O)N1c1ccccc1CC. The van der Waals surface area contributed by atoms with Gasteiger partial charge in [0.05, 0.1) is 16.3 Å². The monoisotopic (exact) mass is 446 g/mol. The molecule has 156 valence electrons. The number of hydrogen-bond acceptors (Lipinski definition) is 3. The summed E-state index contributed by atoms with van der Waals surface area (Å²) >= 11 is 7.74. The molecule has 0 aromatic heterocycles. The molecule has 0 bridgehead atoms. The number of carbonyl (C=O) groups excluding carboxylic acids is 1. The van der Waals surface area contributed by atoms with Crippen molar-refractivity contribution in [2.45, 2.75) is 26.7 Å². The van der Waals surface area contributed by atoms with Crippen LogP contribution in [0.1, 0.15) is 30.5 Å². The number of amides is 1. The van der Waals surface area contributed by atoms with E-state index in [1.54, 1.807) is 4.90 Å². The van der Waals surface area contributed by atoms with E-state index < -0.39 is 0 Å². The highest BCUT2D eigenvalue weighted by Gasteiger charge is 2.35. The minimum absolute atomic E-state index is 0.0847. The third-order valence-corrected chi connectivity index (χ3v) is 6.51. The van der Waals surface area contributed by atoms with Gasteiger partial charge in [0, 0.05) is 5.02 Å². The molecule has 0 atom stereocenters. The average Bonchev–Trinajstić information content (AvgIpc) is 3.10. The number of aryl methyl sites for hydroxylation is 2. The van der Waals surface area contributed by atoms with Gasteiger partial charge in [0.15, 0.2) is 5.17 Å². The number of amidine groups is 1. The van der Waals surface area contributed by atoms with Crippen molar-refractivity contribution < 1.29 is 4.79 Å². The first-order valence-corrected chi connectivity index (χ1v) is 11.5. The summed E-state index contributed by atoms with van der Waals surface area (Å²) in [6.45, 7) is 4.20. The van der Waals surface area contributed by atoms with Crippen LogP contribution in [0.4, 0.5) is 11.4 Å². The number of benzene rings is 3. The number of para-hydroxylation sites is 2. The molecule has 3 aromatic rings. The summed E-state index contributed by atoms with van der Waals surface area (Å²) in [6, 6.07) is 23.6. The third-order valence-electron chi connectivity index (χ3n) is 5.20. The van der Waals surface area contributed by atoms with Gasteiger partial charge in [-0.25, -0.2) is 4.99 Å². The van der Waals surface area contributed by atoms with Gasteiger partial charge in [-0.1, -0.05) is 80.0 Å².